The standard InChI is InChI=1S/C7H8N2OS/c8-7(9-10)2-1-6-3-4-11-5-6/h1-5,10H,(H2,8,9)/b2-1-. The smallest absolute Gasteiger partial charge is 0.162 e. The summed E-state index contributed by atoms with van der Waals surface area (Å²) in [4.78, 5) is 0. The quantitative estimate of drug-likeness (QED) is 0.304. The minimum atomic E-state index is 0.108. The second-order valence-corrected chi connectivity index (χ2v) is 2.69. The Balaban J connectivity index is 2.63. The average Bonchev–Trinajstić information content (AvgIpc) is 2.52. The summed E-state index contributed by atoms with van der Waals surface area (Å²) in [5.41, 5.74) is 6.26. The van der Waals surface area contributed by atoms with E-state index in [1.165, 1.54) is 0 Å². The van der Waals surface area contributed by atoms with Crippen molar-refractivity contribution < 1.29 is 5.21 Å². The van der Waals surface area contributed by atoms with Gasteiger partial charge >= 0.3 is 0 Å². The summed E-state index contributed by atoms with van der Waals surface area (Å²) in [6.07, 6.45) is 3.33. The van der Waals surface area contributed by atoms with Crippen LogP contribution in [0.3, 0.4) is 0 Å². The summed E-state index contributed by atoms with van der Waals surface area (Å²) in [6.45, 7) is 0. The second-order valence-electron chi connectivity index (χ2n) is 1.91. The van der Waals surface area contributed by atoms with Crippen LogP contribution >= 0.6 is 11.3 Å². The zero-order chi connectivity index (χ0) is 8.10. The molecule has 3 nitrogen and oxygen atoms in total. The van der Waals surface area contributed by atoms with Gasteiger partial charge in [-0.1, -0.05) is 11.2 Å². The summed E-state index contributed by atoms with van der Waals surface area (Å²) < 4.78 is 0. The highest BCUT2D eigenvalue weighted by atomic mass is 32.1. The lowest BCUT2D eigenvalue weighted by molar-refractivity contribution is 0.319. The minimum Gasteiger partial charge on any atom is -0.409 e. The number of hydrogen-bond donors (Lipinski definition) is 2. The highest BCUT2D eigenvalue weighted by Crippen LogP contribution is 2.06. The predicted octanol–water partition coefficient (Wildman–Crippen LogP) is 1.51. The van der Waals surface area contributed by atoms with E-state index in [1.54, 1.807) is 23.5 Å². The van der Waals surface area contributed by atoms with E-state index in [4.69, 9.17) is 10.9 Å². The van der Waals surface area contributed by atoms with Crippen LogP contribution in [-0.2, 0) is 0 Å². The van der Waals surface area contributed by atoms with Crippen molar-refractivity contribution in [3.05, 3.63) is 28.5 Å². The molecule has 0 unspecified atom stereocenters. The molecule has 1 aromatic heterocycles. The molecule has 3 N–H and O–H groups in total. The predicted molar refractivity (Wildman–Crippen MR) is 46.8 cm³/mol. The largest absolute Gasteiger partial charge is 0.409 e. The number of amidine groups is 1. The highest BCUT2D eigenvalue weighted by Gasteiger charge is 1.85. The molecule has 0 amide bonds. The average molecular weight is 168 g/mol. The SMILES string of the molecule is NC(/C=C\c1ccsc1)=N/O. The third-order valence-electron chi connectivity index (χ3n) is 1.11. The van der Waals surface area contributed by atoms with Crippen molar-refractivity contribution in [1.82, 2.24) is 0 Å². The van der Waals surface area contributed by atoms with E-state index in [1.807, 2.05) is 16.8 Å². The number of rotatable bonds is 2. The number of nitrogens with two attached hydrogens (primary N) is 1. The van der Waals surface area contributed by atoms with Gasteiger partial charge in [-0.3, -0.25) is 0 Å². The summed E-state index contributed by atoms with van der Waals surface area (Å²) in [5, 5.41) is 14.9. The van der Waals surface area contributed by atoms with Gasteiger partial charge in [0.25, 0.3) is 0 Å². The molecule has 0 aliphatic heterocycles. The zero-order valence-corrected chi connectivity index (χ0v) is 6.58. The maximum Gasteiger partial charge on any atom is 0.162 e. The molecular formula is C7H8N2OS. The summed E-state index contributed by atoms with van der Waals surface area (Å²) >= 11 is 1.60. The van der Waals surface area contributed by atoms with Crippen molar-refractivity contribution in [3.8, 4) is 0 Å². The molecule has 0 aliphatic rings. The normalized spacial score (nSPS) is 12.5. The van der Waals surface area contributed by atoms with Gasteiger partial charge in [-0.25, -0.2) is 0 Å². The number of thiophene rings is 1. The van der Waals surface area contributed by atoms with E-state index in [0.29, 0.717) is 0 Å². The van der Waals surface area contributed by atoms with Crippen LogP contribution in [0.5, 0.6) is 0 Å². The first-order valence-corrected chi connectivity index (χ1v) is 3.95. The third-order valence-corrected chi connectivity index (χ3v) is 1.81. The Hall–Kier alpha value is -1.29. The molecular weight excluding hydrogens is 160 g/mol. The molecule has 1 heterocycles. The molecule has 58 valence electrons. The fourth-order valence-electron chi connectivity index (χ4n) is 0.585. The van der Waals surface area contributed by atoms with Crippen LogP contribution in [0.1, 0.15) is 5.56 Å². The van der Waals surface area contributed by atoms with E-state index >= 15 is 0 Å². The molecule has 0 saturated heterocycles. The molecule has 0 saturated carbocycles. The molecule has 4 heteroatoms. The van der Waals surface area contributed by atoms with Crippen molar-refractivity contribution in [2.75, 3.05) is 0 Å². The van der Waals surface area contributed by atoms with Crippen molar-refractivity contribution in [2.24, 2.45) is 10.9 Å². The van der Waals surface area contributed by atoms with Crippen molar-refractivity contribution in [1.29, 1.82) is 0 Å². The zero-order valence-electron chi connectivity index (χ0n) is 5.77. The van der Waals surface area contributed by atoms with Crippen LogP contribution < -0.4 is 5.73 Å². The molecule has 0 spiro atoms. The summed E-state index contributed by atoms with van der Waals surface area (Å²) in [6, 6.07) is 1.95. The van der Waals surface area contributed by atoms with Crippen LogP contribution in [-0.4, -0.2) is 11.0 Å². The van der Waals surface area contributed by atoms with Crippen LogP contribution in [0.2, 0.25) is 0 Å². The first kappa shape index (κ1) is 7.81. The first-order valence-electron chi connectivity index (χ1n) is 3.01. The van der Waals surface area contributed by atoms with Gasteiger partial charge in [-0.2, -0.15) is 11.3 Å². The Morgan fingerprint density at radius 1 is 1.73 bits per heavy atom. The Labute approximate surface area is 68.5 Å². The van der Waals surface area contributed by atoms with Crippen molar-refractivity contribution in [3.63, 3.8) is 0 Å². The van der Waals surface area contributed by atoms with Gasteiger partial charge in [-0.15, -0.1) is 0 Å². The van der Waals surface area contributed by atoms with E-state index in [0.717, 1.165) is 5.56 Å². The monoisotopic (exact) mass is 168 g/mol. The third kappa shape index (κ3) is 2.43. The van der Waals surface area contributed by atoms with Crippen molar-refractivity contribution >= 4 is 23.2 Å². The molecule has 0 aliphatic carbocycles. The maximum atomic E-state index is 8.18. The Morgan fingerprint density at radius 3 is 3.09 bits per heavy atom. The van der Waals surface area contributed by atoms with Gasteiger partial charge < -0.3 is 10.9 Å². The Kier molecular flexibility index (Phi) is 2.68. The second kappa shape index (κ2) is 3.78. The Bertz CT molecular complexity index is 264. The van der Waals surface area contributed by atoms with Gasteiger partial charge in [0.15, 0.2) is 5.84 Å². The summed E-state index contributed by atoms with van der Waals surface area (Å²) in [5.74, 6) is 0.108. The fourth-order valence-corrected chi connectivity index (χ4v) is 1.21. The number of hydrogen-bond acceptors (Lipinski definition) is 3. The topological polar surface area (TPSA) is 58.6 Å². The summed E-state index contributed by atoms with van der Waals surface area (Å²) in [7, 11) is 0. The van der Waals surface area contributed by atoms with E-state index in [2.05, 4.69) is 5.16 Å². The molecule has 0 aromatic carbocycles. The van der Waals surface area contributed by atoms with Gasteiger partial charge in [0.1, 0.15) is 0 Å². The van der Waals surface area contributed by atoms with Gasteiger partial charge in [0.2, 0.25) is 0 Å². The van der Waals surface area contributed by atoms with Gasteiger partial charge in [0, 0.05) is 0 Å². The lowest BCUT2D eigenvalue weighted by atomic mass is 10.3. The lowest BCUT2D eigenvalue weighted by Crippen LogP contribution is -2.06. The van der Waals surface area contributed by atoms with Crippen LogP contribution in [0.25, 0.3) is 6.08 Å². The van der Waals surface area contributed by atoms with E-state index in [9.17, 15) is 0 Å². The fraction of sp³-hybridized carbons (Fsp3) is 0. The highest BCUT2D eigenvalue weighted by molar-refractivity contribution is 7.08. The molecule has 0 atom stereocenters. The maximum absolute atomic E-state index is 8.18. The van der Waals surface area contributed by atoms with Gasteiger partial charge in [-0.05, 0) is 28.5 Å². The van der Waals surface area contributed by atoms with Gasteiger partial charge in [0.05, 0.1) is 0 Å². The van der Waals surface area contributed by atoms with Crippen LogP contribution in [0, 0.1) is 0 Å². The Morgan fingerprint density at radius 2 is 2.55 bits per heavy atom. The molecule has 1 rings (SSSR count). The molecule has 1 aromatic rings. The first-order chi connectivity index (χ1) is 5.33. The lowest BCUT2D eigenvalue weighted by Gasteiger charge is -1.84. The van der Waals surface area contributed by atoms with E-state index < -0.39 is 0 Å². The number of nitrogens with zero attached hydrogens (tertiary/aromatic N) is 1. The molecule has 11 heavy (non-hydrogen) atoms. The van der Waals surface area contributed by atoms with Crippen LogP contribution in [0.4, 0.5) is 0 Å². The van der Waals surface area contributed by atoms with Crippen LogP contribution in [0.15, 0.2) is 28.1 Å². The van der Waals surface area contributed by atoms with Crippen molar-refractivity contribution in [2.45, 2.75) is 0 Å². The van der Waals surface area contributed by atoms with E-state index in [-0.39, 0.29) is 5.84 Å². The minimum absolute atomic E-state index is 0.108. The molecule has 0 fully saturated rings. The number of oxime groups is 1. The molecule has 0 radical (unpaired) electrons. The molecule has 0 bridgehead atoms.